The van der Waals surface area contributed by atoms with Crippen LogP contribution >= 0.6 is 11.8 Å². The Hall–Kier alpha value is -0.540. The van der Waals surface area contributed by atoms with Crippen LogP contribution in [0.25, 0.3) is 0 Å². The van der Waals surface area contributed by atoms with Crippen LogP contribution in [0.2, 0.25) is 0 Å². The van der Waals surface area contributed by atoms with Gasteiger partial charge in [-0.2, -0.15) is 11.8 Å². The van der Waals surface area contributed by atoms with Crippen molar-refractivity contribution in [3.8, 4) is 0 Å². The Morgan fingerprint density at radius 1 is 1.32 bits per heavy atom. The standard InChI is InChI=1S/C16H26N2O5S.Na/c1-16(2)8-10(16)13(19)18-12(15(22)23)6-4-3-5-7-24-9-11(17)14(20)21;/h6,10-11H,3-5,7-9,17H2,1-2H3,(H,18,19)(H,20,21)(H,22,23);/q;+1/b12-6-;/t10-,11+;/m1./s1. The molecular weight excluding hydrogens is 355 g/mol. The quantitative estimate of drug-likeness (QED) is 0.193. The molecule has 0 aromatic rings. The smallest absolute Gasteiger partial charge is 0.480 e. The van der Waals surface area contributed by atoms with E-state index in [1.54, 1.807) is 0 Å². The number of nitrogens with two attached hydrogens (primary N) is 1. The van der Waals surface area contributed by atoms with Crippen LogP contribution in [0.1, 0.15) is 39.5 Å². The van der Waals surface area contributed by atoms with Crippen molar-refractivity contribution >= 4 is 29.6 Å². The van der Waals surface area contributed by atoms with E-state index in [1.165, 1.54) is 17.8 Å². The number of hydrogen-bond donors (Lipinski definition) is 4. The van der Waals surface area contributed by atoms with Gasteiger partial charge >= 0.3 is 41.5 Å². The van der Waals surface area contributed by atoms with E-state index >= 15 is 0 Å². The van der Waals surface area contributed by atoms with Gasteiger partial charge in [-0.25, -0.2) is 4.79 Å². The SMILES string of the molecule is CC1(C)C[C@@H]1C(=O)N/C(=C\CCCCSC[C@H](N)C(=O)O)C(=O)O.[Na+]. The van der Waals surface area contributed by atoms with Gasteiger partial charge in [0.2, 0.25) is 5.91 Å². The van der Waals surface area contributed by atoms with E-state index in [1.807, 2.05) is 13.8 Å². The molecule has 0 unspecified atom stereocenters. The summed E-state index contributed by atoms with van der Waals surface area (Å²) in [5.74, 6) is -1.37. The van der Waals surface area contributed by atoms with Gasteiger partial charge in [0.05, 0.1) is 0 Å². The minimum absolute atomic E-state index is 0. The summed E-state index contributed by atoms with van der Waals surface area (Å²) >= 11 is 1.46. The third-order valence-electron chi connectivity index (χ3n) is 4.02. The molecule has 9 heteroatoms. The van der Waals surface area contributed by atoms with E-state index in [4.69, 9.17) is 15.9 Å². The molecule has 1 saturated carbocycles. The summed E-state index contributed by atoms with van der Waals surface area (Å²) in [5, 5.41) is 20.3. The van der Waals surface area contributed by atoms with Crippen molar-refractivity contribution in [1.29, 1.82) is 0 Å². The monoisotopic (exact) mass is 381 g/mol. The molecule has 1 amide bonds. The number of thioether (sulfide) groups is 1. The average Bonchev–Trinajstić information content (AvgIpc) is 3.13. The zero-order valence-electron chi connectivity index (χ0n) is 15.1. The number of nitrogens with one attached hydrogen (secondary N) is 1. The molecular formula is C16H26N2NaO5S+. The summed E-state index contributed by atoms with van der Waals surface area (Å²) in [4.78, 5) is 33.7. The number of rotatable bonds is 11. The Labute approximate surface area is 174 Å². The van der Waals surface area contributed by atoms with E-state index < -0.39 is 18.0 Å². The Morgan fingerprint density at radius 3 is 2.40 bits per heavy atom. The molecule has 0 spiro atoms. The Bertz CT molecular complexity index is 525. The largest absolute Gasteiger partial charge is 1.00 e. The topological polar surface area (TPSA) is 130 Å². The summed E-state index contributed by atoms with van der Waals surface area (Å²) < 4.78 is 0. The molecule has 0 saturated heterocycles. The second kappa shape index (κ2) is 11.2. The van der Waals surface area contributed by atoms with Gasteiger partial charge in [-0.15, -0.1) is 0 Å². The predicted octanol–water partition coefficient (Wildman–Crippen LogP) is -1.56. The van der Waals surface area contributed by atoms with Crippen LogP contribution in [0.4, 0.5) is 0 Å². The van der Waals surface area contributed by atoms with Gasteiger partial charge in [-0.3, -0.25) is 9.59 Å². The van der Waals surface area contributed by atoms with Crippen LogP contribution in [-0.4, -0.2) is 45.6 Å². The van der Waals surface area contributed by atoms with E-state index in [2.05, 4.69) is 5.32 Å². The van der Waals surface area contributed by atoms with Gasteiger partial charge in [0, 0.05) is 11.7 Å². The van der Waals surface area contributed by atoms with Gasteiger partial charge in [0.1, 0.15) is 11.7 Å². The van der Waals surface area contributed by atoms with Gasteiger partial charge in [-0.1, -0.05) is 19.9 Å². The van der Waals surface area contributed by atoms with Crippen molar-refractivity contribution in [1.82, 2.24) is 5.32 Å². The maximum Gasteiger partial charge on any atom is 1.00 e. The zero-order chi connectivity index (χ0) is 18.3. The summed E-state index contributed by atoms with van der Waals surface area (Å²) in [6.45, 7) is 3.96. The maximum atomic E-state index is 12.0. The summed E-state index contributed by atoms with van der Waals surface area (Å²) in [5.41, 5.74) is 5.28. The third kappa shape index (κ3) is 9.10. The minimum atomic E-state index is -1.14. The number of carbonyl (C=O) groups excluding carboxylic acids is 1. The van der Waals surface area contributed by atoms with Crippen LogP contribution in [0.5, 0.6) is 0 Å². The molecule has 5 N–H and O–H groups in total. The fourth-order valence-electron chi connectivity index (χ4n) is 2.20. The number of hydrogen-bond acceptors (Lipinski definition) is 5. The van der Waals surface area contributed by atoms with Crippen molar-refractivity contribution in [3.05, 3.63) is 11.8 Å². The molecule has 136 valence electrons. The van der Waals surface area contributed by atoms with E-state index in [0.717, 1.165) is 25.0 Å². The molecule has 1 rings (SSSR count). The fraction of sp³-hybridized carbons (Fsp3) is 0.688. The van der Waals surface area contributed by atoms with Crippen molar-refractivity contribution in [3.63, 3.8) is 0 Å². The number of aliphatic carboxylic acids is 2. The molecule has 0 heterocycles. The first-order valence-electron chi connectivity index (χ1n) is 7.95. The molecule has 0 bridgehead atoms. The first-order chi connectivity index (χ1) is 11.1. The molecule has 2 atom stereocenters. The van der Waals surface area contributed by atoms with Gasteiger partial charge in [-0.05, 0) is 36.9 Å². The van der Waals surface area contributed by atoms with Crippen molar-refractivity contribution in [2.75, 3.05) is 11.5 Å². The second-order valence-electron chi connectivity index (χ2n) is 6.67. The molecule has 0 aromatic carbocycles. The maximum absolute atomic E-state index is 12.0. The normalized spacial score (nSPS) is 19.5. The van der Waals surface area contributed by atoms with Crippen molar-refractivity contribution in [2.45, 2.75) is 45.6 Å². The Kier molecular flexibility index (Phi) is 11.0. The molecule has 0 aromatic heterocycles. The molecule has 0 aliphatic heterocycles. The number of allylic oxidation sites excluding steroid dienone is 1. The minimum Gasteiger partial charge on any atom is -0.480 e. The van der Waals surface area contributed by atoms with E-state index in [0.29, 0.717) is 12.2 Å². The van der Waals surface area contributed by atoms with Crippen LogP contribution in [0.3, 0.4) is 0 Å². The second-order valence-corrected chi connectivity index (χ2v) is 7.82. The number of unbranched alkanes of at least 4 members (excludes halogenated alkanes) is 2. The van der Waals surface area contributed by atoms with Gasteiger partial charge in [0.25, 0.3) is 0 Å². The first-order valence-corrected chi connectivity index (χ1v) is 9.11. The molecule has 1 fully saturated rings. The molecule has 0 radical (unpaired) electrons. The number of carbonyl (C=O) groups is 3. The molecule has 1 aliphatic rings. The van der Waals surface area contributed by atoms with Crippen LogP contribution in [0.15, 0.2) is 11.8 Å². The average molecular weight is 381 g/mol. The molecule has 1 aliphatic carbocycles. The number of carboxylic acids is 2. The first kappa shape index (κ1) is 24.5. The van der Waals surface area contributed by atoms with Crippen molar-refractivity contribution < 1.29 is 54.2 Å². The Morgan fingerprint density at radius 2 is 1.92 bits per heavy atom. The summed E-state index contributed by atoms with van der Waals surface area (Å²) in [6.07, 6.45) is 4.44. The van der Waals surface area contributed by atoms with E-state index in [-0.39, 0.29) is 52.5 Å². The fourth-order valence-corrected chi connectivity index (χ4v) is 3.17. The predicted molar refractivity (Wildman–Crippen MR) is 92.5 cm³/mol. The van der Waals surface area contributed by atoms with Crippen LogP contribution in [-0.2, 0) is 14.4 Å². The van der Waals surface area contributed by atoms with Crippen molar-refractivity contribution in [2.24, 2.45) is 17.1 Å². The van der Waals surface area contributed by atoms with Crippen LogP contribution < -0.4 is 40.6 Å². The molecule has 7 nitrogen and oxygen atoms in total. The zero-order valence-corrected chi connectivity index (χ0v) is 17.9. The summed E-state index contributed by atoms with van der Waals surface area (Å²) in [7, 11) is 0. The van der Waals surface area contributed by atoms with Crippen LogP contribution in [0, 0.1) is 11.3 Å². The summed E-state index contributed by atoms with van der Waals surface area (Å²) in [6, 6.07) is -0.851. The van der Waals surface area contributed by atoms with Gasteiger partial charge < -0.3 is 21.3 Å². The molecule has 25 heavy (non-hydrogen) atoms. The third-order valence-corrected chi connectivity index (χ3v) is 5.20. The van der Waals surface area contributed by atoms with E-state index in [9.17, 15) is 14.4 Å². The number of amides is 1. The van der Waals surface area contributed by atoms with Gasteiger partial charge in [0.15, 0.2) is 0 Å². The Balaban J connectivity index is 0.00000576. The number of carboxylic acid groups (broad SMARTS) is 2.